The van der Waals surface area contributed by atoms with Crippen LogP contribution in [-0.2, 0) is 0 Å². The van der Waals surface area contributed by atoms with Gasteiger partial charge in [-0.05, 0) is 19.4 Å². The number of aromatic amines is 1. The van der Waals surface area contributed by atoms with Gasteiger partial charge in [0.15, 0.2) is 0 Å². The van der Waals surface area contributed by atoms with E-state index >= 15 is 0 Å². The average Bonchev–Trinajstić information content (AvgIpc) is 2.36. The van der Waals surface area contributed by atoms with Crippen LogP contribution in [0.2, 0.25) is 0 Å². The summed E-state index contributed by atoms with van der Waals surface area (Å²) in [7, 11) is 0. The Balaban J connectivity index is 2.18. The number of hydrazone groups is 1. The van der Waals surface area contributed by atoms with Crippen molar-refractivity contribution < 1.29 is 0 Å². The van der Waals surface area contributed by atoms with Crippen LogP contribution >= 0.6 is 0 Å². The number of aryl methyl sites for hydroxylation is 1. The van der Waals surface area contributed by atoms with Gasteiger partial charge in [-0.2, -0.15) is 5.10 Å². The minimum absolute atomic E-state index is 0.197. The Kier molecular flexibility index (Phi) is 3.52. The fourth-order valence-corrected chi connectivity index (χ4v) is 1.51. The lowest BCUT2D eigenvalue weighted by molar-refractivity contribution is 1.04. The van der Waals surface area contributed by atoms with E-state index < -0.39 is 0 Å². The molecule has 5 heteroatoms. The van der Waals surface area contributed by atoms with Crippen molar-refractivity contribution in [2.75, 3.05) is 5.43 Å². The smallest absolute Gasteiger partial charge is 0.252 e. The molecule has 0 fully saturated rings. The van der Waals surface area contributed by atoms with Crippen molar-refractivity contribution >= 4 is 11.7 Å². The van der Waals surface area contributed by atoms with Gasteiger partial charge in [0.2, 0.25) is 5.95 Å². The monoisotopic (exact) mass is 242 g/mol. The van der Waals surface area contributed by atoms with Gasteiger partial charge in [0, 0.05) is 11.8 Å². The lowest BCUT2D eigenvalue weighted by Crippen LogP contribution is -2.11. The molecule has 2 rings (SSSR count). The molecule has 92 valence electrons. The highest BCUT2D eigenvalue weighted by atomic mass is 16.1. The average molecular weight is 242 g/mol. The van der Waals surface area contributed by atoms with E-state index in [0.29, 0.717) is 11.6 Å². The third kappa shape index (κ3) is 3.04. The molecule has 0 saturated heterocycles. The van der Waals surface area contributed by atoms with Crippen molar-refractivity contribution in [1.29, 1.82) is 0 Å². The van der Waals surface area contributed by atoms with Crippen molar-refractivity contribution in [2.45, 2.75) is 13.8 Å². The van der Waals surface area contributed by atoms with Crippen LogP contribution in [0.3, 0.4) is 0 Å². The topological polar surface area (TPSA) is 70.1 Å². The Morgan fingerprint density at radius 2 is 2.06 bits per heavy atom. The molecular weight excluding hydrogens is 228 g/mol. The summed E-state index contributed by atoms with van der Waals surface area (Å²) in [5.74, 6) is 0.343. The number of anilines is 1. The van der Waals surface area contributed by atoms with Crippen molar-refractivity contribution in [3.63, 3.8) is 0 Å². The summed E-state index contributed by atoms with van der Waals surface area (Å²) in [5.41, 5.74) is 5.03. The summed E-state index contributed by atoms with van der Waals surface area (Å²) >= 11 is 0. The lowest BCUT2D eigenvalue weighted by Gasteiger charge is -2.03. The zero-order valence-electron chi connectivity index (χ0n) is 10.3. The Hall–Kier alpha value is -2.43. The number of nitrogens with zero attached hydrogens (tertiary/aromatic N) is 2. The Morgan fingerprint density at radius 1 is 1.33 bits per heavy atom. The van der Waals surface area contributed by atoms with Gasteiger partial charge in [-0.1, -0.05) is 30.3 Å². The zero-order chi connectivity index (χ0) is 13.0. The highest BCUT2D eigenvalue weighted by molar-refractivity contribution is 5.98. The molecule has 0 aliphatic rings. The highest BCUT2D eigenvalue weighted by Gasteiger charge is 1.98. The fourth-order valence-electron chi connectivity index (χ4n) is 1.51. The van der Waals surface area contributed by atoms with E-state index in [0.717, 1.165) is 11.3 Å². The number of aromatic nitrogens is 2. The van der Waals surface area contributed by atoms with Gasteiger partial charge in [0.25, 0.3) is 5.56 Å². The first-order chi connectivity index (χ1) is 8.65. The summed E-state index contributed by atoms with van der Waals surface area (Å²) in [6.07, 6.45) is 0. The van der Waals surface area contributed by atoms with Gasteiger partial charge in [0.05, 0.1) is 5.71 Å². The second-order valence-corrected chi connectivity index (χ2v) is 3.91. The van der Waals surface area contributed by atoms with Crippen molar-refractivity contribution in [1.82, 2.24) is 9.97 Å². The first kappa shape index (κ1) is 12.0. The molecule has 5 nitrogen and oxygen atoms in total. The Bertz CT molecular complexity index is 616. The molecule has 0 radical (unpaired) electrons. The first-order valence-electron chi connectivity index (χ1n) is 5.59. The molecule has 1 aromatic carbocycles. The maximum atomic E-state index is 11.2. The SMILES string of the molecule is CC(=NNc1nc(C)cc(=O)[nH]1)c1ccccc1. The van der Waals surface area contributed by atoms with Gasteiger partial charge in [0.1, 0.15) is 0 Å². The van der Waals surface area contributed by atoms with E-state index in [2.05, 4.69) is 20.5 Å². The van der Waals surface area contributed by atoms with Crippen LogP contribution in [0.4, 0.5) is 5.95 Å². The van der Waals surface area contributed by atoms with E-state index in [9.17, 15) is 4.79 Å². The fraction of sp³-hybridized carbons (Fsp3) is 0.154. The quantitative estimate of drug-likeness (QED) is 0.638. The molecule has 0 saturated carbocycles. The molecule has 0 spiro atoms. The molecular formula is C13H14N4O. The summed E-state index contributed by atoms with van der Waals surface area (Å²) in [5, 5.41) is 4.18. The molecule has 18 heavy (non-hydrogen) atoms. The minimum Gasteiger partial charge on any atom is -0.291 e. The van der Waals surface area contributed by atoms with E-state index in [1.807, 2.05) is 37.3 Å². The van der Waals surface area contributed by atoms with Crippen LogP contribution in [0, 0.1) is 6.92 Å². The molecule has 0 amide bonds. The Morgan fingerprint density at radius 3 is 2.72 bits per heavy atom. The first-order valence-corrected chi connectivity index (χ1v) is 5.59. The molecule has 2 aromatic rings. The van der Waals surface area contributed by atoms with Crippen molar-refractivity contribution in [3.8, 4) is 0 Å². The van der Waals surface area contributed by atoms with Gasteiger partial charge >= 0.3 is 0 Å². The summed E-state index contributed by atoms with van der Waals surface area (Å²) in [4.78, 5) is 17.9. The maximum absolute atomic E-state index is 11.2. The van der Waals surface area contributed by atoms with Crippen LogP contribution in [0.15, 0.2) is 46.3 Å². The van der Waals surface area contributed by atoms with E-state index in [1.54, 1.807) is 6.92 Å². The van der Waals surface area contributed by atoms with Gasteiger partial charge in [-0.25, -0.2) is 10.4 Å². The van der Waals surface area contributed by atoms with Gasteiger partial charge in [-0.3, -0.25) is 9.78 Å². The van der Waals surface area contributed by atoms with Gasteiger partial charge < -0.3 is 0 Å². The summed E-state index contributed by atoms with van der Waals surface area (Å²) in [6.45, 7) is 3.64. The highest BCUT2D eigenvalue weighted by Crippen LogP contribution is 2.02. The predicted molar refractivity (Wildman–Crippen MR) is 71.9 cm³/mol. The molecule has 0 bridgehead atoms. The van der Waals surface area contributed by atoms with E-state index in [4.69, 9.17) is 0 Å². The third-order valence-electron chi connectivity index (χ3n) is 2.39. The summed E-state index contributed by atoms with van der Waals surface area (Å²) < 4.78 is 0. The van der Waals surface area contributed by atoms with Crippen LogP contribution < -0.4 is 11.0 Å². The van der Waals surface area contributed by atoms with Crippen LogP contribution in [0.25, 0.3) is 0 Å². The predicted octanol–water partition coefficient (Wildman–Crippen LogP) is 1.91. The largest absolute Gasteiger partial charge is 0.291 e. The molecule has 0 aliphatic carbocycles. The molecule has 2 N–H and O–H groups in total. The van der Waals surface area contributed by atoms with Crippen LogP contribution in [0.5, 0.6) is 0 Å². The second-order valence-electron chi connectivity index (χ2n) is 3.91. The van der Waals surface area contributed by atoms with Crippen molar-refractivity contribution in [2.24, 2.45) is 5.10 Å². The molecule has 1 heterocycles. The normalized spacial score (nSPS) is 11.3. The summed E-state index contributed by atoms with van der Waals surface area (Å²) in [6, 6.07) is 11.2. The molecule has 0 aliphatic heterocycles. The number of hydrogen-bond donors (Lipinski definition) is 2. The maximum Gasteiger partial charge on any atom is 0.252 e. The minimum atomic E-state index is -0.197. The standard InChI is InChI=1S/C13H14N4O/c1-9-8-12(18)15-13(14-9)17-16-10(2)11-6-4-3-5-7-11/h3-8H,1-2H3,(H2,14,15,17,18). The number of benzene rings is 1. The number of rotatable bonds is 3. The molecule has 0 unspecified atom stereocenters. The molecule has 1 aromatic heterocycles. The van der Waals surface area contributed by atoms with Crippen LogP contribution in [-0.4, -0.2) is 15.7 Å². The lowest BCUT2D eigenvalue weighted by atomic mass is 10.1. The van der Waals surface area contributed by atoms with E-state index in [1.165, 1.54) is 6.07 Å². The molecule has 0 atom stereocenters. The van der Waals surface area contributed by atoms with Crippen molar-refractivity contribution in [3.05, 3.63) is 58.0 Å². The zero-order valence-corrected chi connectivity index (χ0v) is 10.3. The van der Waals surface area contributed by atoms with Crippen LogP contribution in [0.1, 0.15) is 18.2 Å². The number of hydrogen-bond acceptors (Lipinski definition) is 4. The number of H-pyrrole nitrogens is 1. The number of nitrogens with one attached hydrogen (secondary N) is 2. The second kappa shape index (κ2) is 5.27. The Labute approximate surface area is 105 Å². The third-order valence-corrected chi connectivity index (χ3v) is 2.39. The van der Waals surface area contributed by atoms with Gasteiger partial charge in [-0.15, -0.1) is 0 Å². The van der Waals surface area contributed by atoms with E-state index in [-0.39, 0.29) is 5.56 Å².